The number of anilines is 2. The number of benzene rings is 1. The van der Waals surface area contributed by atoms with Gasteiger partial charge in [0.05, 0.1) is 40.1 Å². The number of nitrogens with one attached hydrogen (secondary N) is 3. The number of hydrogen-bond donors (Lipinski definition) is 4. The van der Waals surface area contributed by atoms with Gasteiger partial charge < -0.3 is 20.0 Å². The van der Waals surface area contributed by atoms with Crippen LogP contribution in [0.1, 0.15) is 34.3 Å². The lowest BCUT2D eigenvalue weighted by Gasteiger charge is -2.16. The second-order valence-corrected chi connectivity index (χ2v) is 10.5. The summed E-state index contributed by atoms with van der Waals surface area (Å²) in [6, 6.07) is 7.44. The smallest absolute Gasteiger partial charge is 0.298 e. The number of hydrogen-bond acceptors (Lipinski definition) is 6. The highest BCUT2D eigenvalue weighted by atomic mass is 79.9. The van der Waals surface area contributed by atoms with E-state index in [-0.39, 0.29) is 5.91 Å². The molecule has 3 aromatic rings. The summed E-state index contributed by atoms with van der Waals surface area (Å²) in [5.74, 6) is 0.525. The number of carbonyl (C=O) groups is 2. The monoisotopic (exact) mass is 571 g/mol. The summed E-state index contributed by atoms with van der Waals surface area (Å²) in [4.78, 5) is 31.1. The molecule has 0 fully saturated rings. The van der Waals surface area contributed by atoms with E-state index in [0.29, 0.717) is 51.9 Å². The van der Waals surface area contributed by atoms with E-state index in [1.54, 1.807) is 11.4 Å². The fraction of sp³-hybridized carbons (Fsp3) is 0.280. The Kier molecular flexibility index (Phi) is 8.02. The zero-order chi connectivity index (χ0) is 25.8. The van der Waals surface area contributed by atoms with Gasteiger partial charge in [0.1, 0.15) is 5.57 Å². The van der Waals surface area contributed by atoms with E-state index >= 15 is 0 Å². The molecule has 2 amide bonds. The number of thiophene rings is 1. The van der Waals surface area contributed by atoms with Gasteiger partial charge in [0.2, 0.25) is 11.9 Å². The van der Waals surface area contributed by atoms with E-state index in [4.69, 9.17) is 10.1 Å². The van der Waals surface area contributed by atoms with Gasteiger partial charge in [0, 0.05) is 17.2 Å². The molecule has 0 aliphatic carbocycles. The molecule has 0 saturated carbocycles. The van der Waals surface area contributed by atoms with E-state index in [1.807, 2.05) is 29.8 Å². The molecule has 5 N–H and O–H groups in total. The molecule has 0 unspecified atom stereocenters. The summed E-state index contributed by atoms with van der Waals surface area (Å²) in [5.41, 5.74) is 2.61. The van der Waals surface area contributed by atoms with Gasteiger partial charge in [0.15, 0.2) is 0 Å². The molecule has 3 heterocycles. The zero-order valence-electron chi connectivity index (χ0n) is 20.1. The number of quaternary nitrogens is 1. The predicted octanol–water partition coefficient (Wildman–Crippen LogP) is 4.19. The average Bonchev–Trinajstić information content (AvgIpc) is 3.41. The lowest BCUT2D eigenvalue weighted by Crippen LogP contribution is -2.78. The molecular weight excluding hydrogens is 544 g/mol. The third kappa shape index (κ3) is 5.43. The molecular formula is C25H28BrN6O3S+. The fourth-order valence-electron chi connectivity index (χ4n) is 4.10. The Morgan fingerprint density at radius 1 is 1.44 bits per heavy atom. The Hall–Kier alpha value is -3.28. The Morgan fingerprint density at radius 2 is 2.25 bits per heavy atom. The van der Waals surface area contributed by atoms with Crippen molar-refractivity contribution in [2.24, 2.45) is 5.92 Å². The van der Waals surface area contributed by atoms with Crippen LogP contribution in [0.25, 0.3) is 16.6 Å². The summed E-state index contributed by atoms with van der Waals surface area (Å²) >= 11 is 4.71. The van der Waals surface area contributed by atoms with Crippen LogP contribution in [0.4, 0.5) is 11.6 Å². The third-order valence-electron chi connectivity index (χ3n) is 5.84. The maximum Gasteiger partial charge on any atom is 0.298 e. The minimum atomic E-state index is -0.413. The normalized spacial score (nSPS) is 18.9. The molecule has 2 bridgehead atoms. The molecule has 1 aromatic carbocycles. The number of allylic oxidation sites excluding steroid dienone is 1. The number of rotatable bonds is 4. The van der Waals surface area contributed by atoms with E-state index in [2.05, 4.69) is 45.1 Å². The highest BCUT2D eigenvalue weighted by molar-refractivity contribution is 9.10. The van der Waals surface area contributed by atoms with Crippen LogP contribution >= 0.6 is 27.3 Å². The first-order chi connectivity index (χ1) is 17.3. The van der Waals surface area contributed by atoms with Crippen molar-refractivity contribution in [3.63, 3.8) is 0 Å². The Labute approximate surface area is 221 Å². The first kappa shape index (κ1) is 25.8. The van der Waals surface area contributed by atoms with E-state index < -0.39 is 5.91 Å². The van der Waals surface area contributed by atoms with Crippen LogP contribution in [-0.4, -0.2) is 41.2 Å². The number of amides is 2. The number of imidazole rings is 1. The van der Waals surface area contributed by atoms with Crippen LogP contribution in [-0.2, 0) is 16.1 Å². The molecule has 1 aliphatic heterocycles. The van der Waals surface area contributed by atoms with Crippen LogP contribution in [0, 0.1) is 11.3 Å². The fourth-order valence-corrected chi connectivity index (χ4v) is 5.48. The van der Waals surface area contributed by atoms with E-state index in [9.17, 15) is 9.59 Å². The summed E-state index contributed by atoms with van der Waals surface area (Å²) in [6.45, 7) is 6.83. The van der Waals surface area contributed by atoms with Crippen LogP contribution in [0.2, 0.25) is 0 Å². The van der Waals surface area contributed by atoms with Crippen molar-refractivity contribution in [3.8, 4) is 0 Å². The number of ether oxygens (including phenoxy) is 1. The maximum atomic E-state index is 13.4. The Morgan fingerprint density at radius 3 is 2.97 bits per heavy atom. The second-order valence-electron chi connectivity index (χ2n) is 8.49. The van der Waals surface area contributed by atoms with Gasteiger partial charge >= 0.3 is 0 Å². The molecule has 0 spiro atoms. The van der Waals surface area contributed by atoms with Crippen LogP contribution in [0.15, 0.2) is 47.3 Å². The molecule has 1 atom stereocenters. The molecule has 2 aromatic heterocycles. The van der Waals surface area contributed by atoms with Gasteiger partial charge in [-0.15, -0.1) is 11.3 Å². The lowest BCUT2D eigenvalue weighted by atomic mass is 10.1. The van der Waals surface area contributed by atoms with Gasteiger partial charge in [-0.05, 0) is 49.1 Å². The maximum absolute atomic E-state index is 13.4. The first-order valence-corrected chi connectivity index (χ1v) is 13.2. The van der Waals surface area contributed by atoms with Gasteiger partial charge in [0.25, 0.3) is 11.8 Å². The SMILES string of the molecule is C=CC(=O)Nc1cc2sc1/C(C=N)=C(/[NH2+]C)OCCC[C@@H](C)Cn1c(nc3ccc(Br)cc31)NC2=O. The van der Waals surface area contributed by atoms with Crippen molar-refractivity contribution in [1.29, 1.82) is 5.41 Å². The average molecular weight is 573 g/mol. The van der Waals surface area contributed by atoms with Gasteiger partial charge in [-0.2, -0.15) is 0 Å². The number of halogens is 1. The first-order valence-electron chi connectivity index (χ1n) is 11.6. The molecule has 4 rings (SSSR count). The molecule has 9 nitrogen and oxygen atoms in total. The molecule has 0 radical (unpaired) electrons. The van der Waals surface area contributed by atoms with Gasteiger partial charge in [-0.25, -0.2) is 4.98 Å². The summed E-state index contributed by atoms with van der Waals surface area (Å²) in [7, 11) is 1.83. The quantitative estimate of drug-likeness (QED) is 0.276. The second kappa shape index (κ2) is 11.2. The lowest BCUT2D eigenvalue weighted by molar-refractivity contribution is -0.604. The predicted molar refractivity (Wildman–Crippen MR) is 146 cm³/mol. The highest BCUT2D eigenvalue weighted by Gasteiger charge is 2.24. The number of fused-ring (bicyclic) bond motifs is 5. The molecule has 1 aliphatic rings. The zero-order valence-corrected chi connectivity index (χ0v) is 22.5. The van der Waals surface area contributed by atoms with Gasteiger partial charge in [-0.1, -0.05) is 29.4 Å². The van der Waals surface area contributed by atoms with Crippen molar-refractivity contribution >= 4 is 73.5 Å². The van der Waals surface area contributed by atoms with Gasteiger partial charge in [-0.3, -0.25) is 20.2 Å². The van der Waals surface area contributed by atoms with E-state index in [0.717, 1.165) is 34.4 Å². The molecule has 0 saturated heterocycles. The number of nitrogens with two attached hydrogens (primary N) is 1. The Bertz CT molecular complexity index is 1380. The standard InChI is InChI=1S/C25H27BrN6O3S/c1-4-21(33)29-18-11-20-23(34)31-25-30-17-8-7-15(26)10-19(17)32(25)13-14(2)6-5-9-35-24(28-3)16(12-27)22(18)36-20/h4,7-8,10-12,14,27-28H,1,5-6,9,13H2,2-3H3,(H,29,33)(H,30,31,34)/p+1/b24-16-,27-12?/t14-/m1/s1. The summed E-state index contributed by atoms with van der Waals surface area (Å²) in [6.07, 6.45) is 4.06. The van der Waals surface area contributed by atoms with Crippen molar-refractivity contribution in [2.75, 3.05) is 24.3 Å². The van der Waals surface area contributed by atoms with E-state index in [1.165, 1.54) is 17.6 Å². The van der Waals surface area contributed by atoms with Crippen molar-refractivity contribution < 1.29 is 19.6 Å². The molecule has 11 heteroatoms. The largest absolute Gasteiger partial charge is 0.451 e. The number of carbonyl (C=O) groups excluding carboxylic acids is 2. The highest BCUT2D eigenvalue weighted by Crippen LogP contribution is 2.35. The minimum Gasteiger partial charge on any atom is -0.451 e. The van der Waals surface area contributed by atoms with Crippen molar-refractivity contribution in [2.45, 2.75) is 26.3 Å². The topological polar surface area (TPSA) is 126 Å². The van der Waals surface area contributed by atoms with Crippen LogP contribution in [0.5, 0.6) is 0 Å². The van der Waals surface area contributed by atoms with Crippen molar-refractivity contribution in [1.82, 2.24) is 9.55 Å². The van der Waals surface area contributed by atoms with Crippen LogP contribution < -0.4 is 16.0 Å². The molecule has 188 valence electrons. The third-order valence-corrected chi connectivity index (χ3v) is 7.50. The summed E-state index contributed by atoms with van der Waals surface area (Å²) < 4.78 is 9.02. The molecule has 36 heavy (non-hydrogen) atoms. The Balaban J connectivity index is 1.85. The van der Waals surface area contributed by atoms with Crippen molar-refractivity contribution in [3.05, 3.63) is 57.0 Å². The number of aromatic nitrogens is 2. The summed E-state index contributed by atoms with van der Waals surface area (Å²) in [5, 5.41) is 15.6. The minimum absolute atomic E-state index is 0.305. The van der Waals surface area contributed by atoms with Crippen LogP contribution in [0.3, 0.4) is 0 Å². The number of nitrogens with zero attached hydrogens (tertiary/aromatic N) is 2.